The third kappa shape index (κ3) is 0.805. The van der Waals surface area contributed by atoms with Crippen LogP contribution in [0.25, 0.3) is 0 Å². The zero-order chi connectivity index (χ0) is 8.01. The van der Waals surface area contributed by atoms with Gasteiger partial charge in [0.05, 0.1) is 0 Å². The first-order valence-corrected chi connectivity index (χ1v) is 4.19. The van der Waals surface area contributed by atoms with Crippen molar-refractivity contribution < 1.29 is 9.90 Å². The number of amides is 1. The van der Waals surface area contributed by atoms with Gasteiger partial charge in [0.2, 0.25) is 5.91 Å². The molecule has 3 heteroatoms. The molecule has 0 aromatic rings. The lowest BCUT2D eigenvalue weighted by molar-refractivity contribution is -0.130. The molecule has 3 unspecified atom stereocenters. The predicted molar refractivity (Wildman–Crippen MR) is 39.8 cm³/mol. The van der Waals surface area contributed by atoms with Crippen molar-refractivity contribution in [1.82, 2.24) is 4.90 Å². The van der Waals surface area contributed by atoms with E-state index in [0.29, 0.717) is 11.8 Å². The fraction of sp³-hybridized carbons (Fsp3) is 0.875. The number of piperidine rings is 1. The van der Waals surface area contributed by atoms with Crippen molar-refractivity contribution in [2.45, 2.75) is 6.92 Å². The number of nitrogens with zero attached hydrogens (tertiary/aromatic N) is 1. The molecule has 1 saturated heterocycles. The van der Waals surface area contributed by atoms with Crippen LogP contribution in [0.15, 0.2) is 0 Å². The zero-order valence-electron chi connectivity index (χ0n) is 6.66. The van der Waals surface area contributed by atoms with E-state index in [-0.39, 0.29) is 18.4 Å². The molecule has 1 N–H and O–H groups in total. The van der Waals surface area contributed by atoms with Gasteiger partial charge in [0.1, 0.15) is 0 Å². The molecule has 3 nitrogen and oxygen atoms in total. The largest absolute Gasteiger partial charge is 0.396 e. The Bertz CT molecular complexity index is 193. The van der Waals surface area contributed by atoms with Gasteiger partial charge in [0.25, 0.3) is 0 Å². The smallest absolute Gasteiger partial charge is 0.226 e. The van der Waals surface area contributed by atoms with Gasteiger partial charge in [-0.15, -0.1) is 0 Å². The first-order chi connectivity index (χ1) is 5.29. The number of fused-ring (bicyclic) bond motifs is 1. The van der Waals surface area contributed by atoms with Gasteiger partial charge < -0.3 is 10.0 Å². The molecular weight excluding hydrogens is 142 g/mol. The Labute approximate surface area is 66.0 Å². The normalized spacial score (nSPS) is 41.1. The molecule has 1 amide bonds. The van der Waals surface area contributed by atoms with Gasteiger partial charge >= 0.3 is 0 Å². The van der Waals surface area contributed by atoms with Crippen LogP contribution in [0, 0.1) is 17.8 Å². The molecule has 62 valence electrons. The number of hydrogen-bond acceptors (Lipinski definition) is 2. The number of likely N-dealkylation sites (tertiary alicyclic amines) is 1. The summed E-state index contributed by atoms with van der Waals surface area (Å²) >= 11 is 0. The molecular formula is C8H13NO2. The highest BCUT2D eigenvalue weighted by Gasteiger charge is 2.60. The van der Waals surface area contributed by atoms with E-state index < -0.39 is 0 Å². The van der Waals surface area contributed by atoms with E-state index in [1.165, 1.54) is 0 Å². The van der Waals surface area contributed by atoms with Gasteiger partial charge in [-0.3, -0.25) is 4.79 Å². The van der Waals surface area contributed by atoms with Gasteiger partial charge in [-0.25, -0.2) is 0 Å². The minimum absolute atomic E-state index is 0.181. The van der Waals surface area contributed by atoms with E-state index in [1.807, 2.05) is 11.8 Å². The van der Waals surface area contributed by atoms with Gasteiger partial charge in [-0.2, -0.15) is 0 Å². The van der Waals surface area contributed by atoms with Crippen LogP contribution in [-0.2, 0) is 4.79 Å². The third-order valence-corrected chi connectivity index (χ3v) is 2.95. The summed E-state index contributed by atoms with van der Waals surface area (Å²) in [7, 11) is 0. The van der Waals surface area contributed by atoms with Crippen LogP contribution in [0.2, 0.25) is 0 Å². The van der Waals surface area contributed by atoms with E-state index in [2.05, 4.69) is 0 Å². The quantitative estimate of drug-likeness (QED) is 0.595. The first kappa shape index (κ1) is 7.10. The zero-order valence-corrected chi connectivity index (χ0v) is 6.66. The van der Waals surface area contributed by atoms with Crippen LogP contribution in [0.3, 0.4) is 0 Å². The fourth-order valence-corrected chi connectivity index (χ4v) is 2.15. The van der Waals surface area contributed by atoms with Crippen LogP contribution in [0.1, 0.15) is 6.92 Å². The molecule has 2 fully saturated rings. The summed E-state index contributed by atoms with van der Waals surface area (Å²) in [5, 5.41) is 8.82. The minimum Gasteiger partial charge on any atom is -0.396 e. The van der Waals surface area contributed by atoms with E-state index in [1.54, 1.807) is 0 Å². The van der Waals surface area contributed by atoms with Crippen molar-refractivity contribution in [3.8, 4) is 0 Å². The first-order valence-electron chi connectivity index (χ1n) is 4.19. The maximum atomic E-state index is 11.4. The second kappa shape index (κ2) is 2.21. The Kier molecular flexibility index (Phi) is 1.42. The molecule has 3 atom stereocenters. The second-order valence-corrected chi connectivity index (χ2v) is 3.41. The number of aliphatic hydroxyl groups excluding tert-OH is 1. The standard InChI is InChI=1S/C8H13NO2/c1-2-9-3-5-6(4-10)7(5)8(9)11/h5-7,10H,2-4H2,1H3. The summed E-state index contributed by atoms with van der Waals surface area (Å²) in [6.45, 7) is 3.89. The number of hydrogen-bond donors (Lipinski definition) is 1. The maximum Gasteiger partial charge on any atom is 0.226 e. The van der Waals surface area contributed by atoms with E-state index in [9.17, 15) is 4.79 Å². The summed E-state index contributed by atoms with van der Waals surface area (Å²) in [5.41, 5.74) is 0. The number of aliphatic hydroxyl groups is 1. The monoisotopic (exact) mass is 155 g/mol. The molecule has 0 aromatic carbocycles. The highest BCUT2D eigenvalue weighted by Crippen LogP contribution is 2.51. The van der Waals surface area contributed by atoms with E-state index >= 15 is 0 Å². The van der Waals surface area contributed by atoms with Crippen molar-refractivity contribution in [3.63, 3.8) is 0 Å². The van der Waals surface area contributed by atoms with Crippen molar-refractivity contribution >= 4 is 5.91 Å². The predicted octanol–water partition coefficient (Wildman–Crippen LogP) is -0.297. The molecule has 0 bridgehead atoms. The number of carbonyl (C=O) groups excluding carboxylic acids is 1. The maximum absolute atomic E-state index is 11.4. The highest BCUT2D eigenvalue weighted by molar-refractivity contribution is 5.85. The average molecular weight is 155 g/mol. The molecule has 1 aliphatic carbocycles. The topological polar surface area (TPSA) is 40.5 Å². The molecule has 0 spiro atoms. The lowest BCUT2D eigenvalue weighted by Gasteiger charge is -2.16. The molecule has 1 heterocycles. The lowest BCUT2D eigenvalue weighted by Crippen LogP contribution is -2.30. The van der Waals surface area contributed by atoms with E-state index in [4.69, 9.17) is 5.11 Å². The van der Waals surface area contributed by atoms with Crippen molar-refractivity contribution in [1.29, 1.82) is 0 Å². The molecule has 0 radical (unpaired) electrons. The summed E-state index contributed by atoms with van der Waals surface area (Å²) in [6.07, 6.45) is 0. The summed E-state index contributed by atoms with van der Waals surface area (Å²) in [4.78, 5) is 13.2. The molecule has 1 aliphatic heterocycles. The Balaban J connectivity index is 2.01. The van der Waals surface area contributed by atoms with Crippen LogP contribution in [0.5, 0.6) is 0 Å². The third-order valence-electron chi connectivity index (χ3n) is 2.95. The van der Waals surface area contributed by atoms with Gasteiger partial charge in [0.15, 0.2) is 0 Å². The number of carbonyl (C=O) groups is 1. The van der Waals surface area contributed by atoms with Crippen LogP contribution in [0.4, 0.5) is 0 Å². The van der Waals surface area contributed by atoms with Gasteiger partial charge in [-0.1, -0.05) is 0 Å². The molecule has 2 aliphatic rings. The van der Waals surface area contributed by atoms with Crippen molar-refractivity contribution in [2.24, 2.45) is 17.8 Å². The molecule has 11 heavy (non-hydrogen) atoms. The SMILES string of the molecule is CCN1CC2C(CO)C2C1=O. The molecule has 0 aromatic heterocycles. The van der Waals surface area contributed by atoms with E-state index in [0.717, 1.165) is 13.1 Å². The minimum atomic E-state index is 0.181. The van der Waals surface area contributed by atoms with Crippen molar-refractivity contribution in [2.75, 3.05) is 19.7 Å². The molecule has 1 saturated carbocycles. The Morgan fingerprint density at radius 2 is 2.45 bits per heavy atom. The Morgan fingerprint density at radius 3 is 2.82 bits per heavy atom. The Hall–Kier alpha value is -0.570. The van der Waals surface area contributed by atoms with Crippen LogP contribution in [-0.4, -0.2) is 35.6 Å². The Morgan fingerprint density at radius 1 is 1.73 bits per heavy atom. The second-order valence-electron chi connectivity index (χ2n) is 3.41. The summed E-state index contributed by atoms with van der Waals surface area (Å²) < 4.78 is 0. The number of rotatable bonds is 2. The van der Waals surface area contributed by atoms with Crippen molar-refractivity contribution in [3.05, 3.63) is 0 Å². The fourth-order valence-electron chi connectivity index (χ4n) is 2.15. The van der Waals surface area contributed by atoms with Crippen LogP contribution < -0.4 is 0 Å². The van der Waals surface area contributed by atoms with Gasteiger partial charge in [0, 0.05) is 25.6 Å². The summed E-state index contributed by atoms with van der Waals surface area (Å²) in [6, 6.07) is 0. The highest BCUT2D eigenvalue weighted by atomic mass is 16.3. The molecule has 2 rings (SSSR count). The summed E-state index contributed by atoms with van der Waals surface area (Å²) in [5.74, 6) is 1.22. The van der Waals surface area contributed by atoms with Gasteiger partial charge in [-0.05, 0) is 18.8 Å². The average Bonchev–Trinajstić information content (AvgIpc) is 2.63. The lowest BCUT2D eigenvalue weighted by atomic mass is 10.3. The van der Waals surface area contributed by atoms with Crippen LogP contribution >= 0.6 is 0 Å².